The third-order valence-corrected chi connectivity index (χ3v) is 8.68. The molecule has 1 fully saturated rings. The van der Waals surface area contributed by atoms with Crippen molar-refractivity contribution < 1.29 is 37.4 Å². The number of methoxy groups -OCH3 is 1. The molecule has 0 radical (unpaired) electrons. The standard InChI is InChI=1S/C27H38ClN6O8P/c1-7-38-23-20-22(31-26(29)32-23)34(15-30-20)25-27(5,28)21(37-6)19(41-25)14-40-43(36,42-18-11-9-8-10-12-18)33-17(4)13-39-24(35)16(2)3/h8-12,15-17,19,21,25H,7,13-14H2,1-6H3,(H,33,36)(H2,29,31,32)/t17-,19-,21-,25-,27-,43+/m1/s1. The number of nitrogen functional groups attached to an aromatic ring is 1. The molecule has 3 aromatic rings. The Kier molecular flexibility index (Phi) is 10.5. The van der Waals surface area contributed by atoms with Gasteiger partial charge in [0.05, 0.1) is 25.5 Å². The average Bonchev–Trinajstić information content (AvgIpc) is 3.47. The van der Waals surface area contributed by atoms with Crippen LogP contribution in [-0.2, 0) is 28.1 Å². The Bertz CT molecular complexity index is 1440. The van der Waals surface area contributed by atoms with Crippen molar-refractivity contribution >= 4 is 42.4 Å². The summed E-state index contributed by atoms with van der Waals surface area (Å²) in [6.45, 7) is 8.79. The van der Waals surface area contributed by atoms with Gasteiger partial charge in [-0.15, -0.1) is 11.6 Å². The van der Waals surface area contributed by atoms with E-state index in [9.17, 15) is 9.36 Å². The zero-order valence-corrected chi connectivity index (χ0v) is 26.6. The highest BCUT2D eigenvalue weighted by atomic mass is 35.5. The van der Waals surface area contributed by atoms with Crippen molar-refractivity contribution in [3.8, 4) is 11.6 Å². The molecule has 43 heavy (non-hydrogen) atoms. The van der Waals surface area contributed by atoms with Gasteiger partial charge in [-0.1, -0.05) is 32.0 Å². The third-order valence-electron chi connectivity index (χ3n) is 6.58. The zero-order chi connectivity index (χ0) is 31.4. The number of anilines is 1. The lowest BCUT2D eigenvalue weighted by atomic mass is 10.0. The fourth-order valence-corrected chi connectivity index (χ4v) is 6.52. The van der Waals surface area contributed by atoms with Crippen LogP contribution in [0.1, 0.15) is 40.8 Å². The first kappa shape index (κ1) is 32.9. The normalized spacial score (nSPS) is 24.1. The number of imidazole rings is 1. The topological polar surface area (TPSA) is 171 Å². The van der Waals surface area contributed by atoms with Crippen LogP contribution in [0, 0.1) is 5.92 Å². The molecule has 1 aromatic carbocycles. The average molecular weight is 641 g/mol. The summed E-state index contributed by atoms with van der Waals surface area (Å²) in [4.78, 5) is 23.7. The molecule has 16 heteroatoms. The van der Waals surface area contributed by atoms with E-state index in [2.05, 4.69) is 20.0 Å². The summed E-state index contributed by atoms with van der Waals surface area (Å²) in [5, 5.41) is 2.85. The highest BCUT2D eigenvalue weighted by Gasteiger charge is 2.55. The summed E-state index contributed by atoms with van der Waals surface area (Å²) in [5.41, 5.74) is 6.68. The van der Waals surface area contributed by atoms with Crippen LogP contribution < -0.4 is 20.1 Å². The van der Waals surface area contributed by atoms with Gasteiger partial charge in [0.15, 0.2) is 17.4 Å². The number of carbonyl (C=O) groups excluding carboxylic acids is 1. The second kappa shape index (κ2) is 13.7. The summed E-state index contributed by atoms with van der Waals surface area (Å²) in [5.74, 6) is -0.142. The van der Waals surface area contributed by atoms with Gasteiger partial charge in [-0.2, -0.15) is 9.97 Å². The molecule has 0 amide bonds. The molecule has 3 heterocycles. The predicted molar refractivity (Wildman–Crippen MR) is 159 cm³/mol. The van der Waals surface area contributed by atoms with Crippen molar-refractivity contribution in [2.24, 2.45) is 5.92 Å². The van der Waals surface area contributed by atoms with E-state index >= 15 is 0 Å². The highest BCUT2D eigenvalue weighted by molar-refractivity contribution is 7.52. The van der Waals surface area contributed by atoms with Crippen LogP contribution in [0.2, 0.25) is 0 Å². The largest absolute Gasteiger partial charge is 0.476 e. The maximum absolute atomic E-state index is 14.0. The number of hydrogen-bond donors (Lipinski definition) is 2. The molecule has 6 atom stereocenters. The van der Waals surface area contributed by atoms with Gasteiger partial charge < -0.3 is 29.2 Å². The molecular weight excluding hydrogens is 603 g/mol. The number of hydrogen-bond acceptors (Lipinski definition) is 12. The second-order valence-electron chi connectivity index (χ2n) is 10.5. The monoisotopic (exact) mass is 640 g/mol. The first-order valence-corrected chi connectivity index (χ1v) is 15.7. The Morgan fingerprint density at radius 2 is 1.98 bits per heavy atom. The summed E-state index contributed by atoms with van der Waals surface area (Å²) in [6, 6.07) is 7.98. The Morgan fingerprint density at radius 1 is 1.26 bits per heavy atom. The fraction of sp³-hybridized carbons (Fsp3) is 0.556. The van der Waals surface area contributed by atoms with Crippen LogP contribution in [-0.4, -0.2) is 75.5 Å². The van der Waals surface area contributed by atoms with Gasteiger partial charge in [0.1, 0.15) is 29.4 Å². The van der Waals surface area contributed by atoms with Crippen LogP contribution >= 0.6 is 19.3 Å². The second-order valence-corrected chi connectivity index (χ2v) is 13.0. The zero-order valence-electron chi connectivity index (χ0n) is 24.9. The molecule has 0 unspecified atom stereocenters. The van der Waals surface area contributed by atoms with Gasteiger partial charge in [-0.25, -0.2) is 14.6 Å². The van der Waals surface area contributed by atoms with E-state index in [1.54, 1.807) is 62.6 Å². The lowest BCUT2D eigenvalue weighted by Gasteiger charge is -2.29. The number of para-hydroxylation sites is 1. The molecular formula is C27H38ClN6O8P. The van der Waals surface area contributed by atoms with Crippen LogP contribution in [0.25, 0.3) is 11.2 Å². The van der Waals surface area contributed by atoms with Gasteiger partial charge in [0.2, 0.25) is 11.8 Å². The smallest absolute Gasteiger partial charge is 0.459 e. The summed E-state index contributed by atoms with van der Waals surface area (Å²) in [7, 11) is -2.55. The van der Waals surface area contributed by atoms with Crippen molar-refractivity contribution in [1.82, 2.24) is 24.6 Å². The first-order valence-electron chi connectivity index (χ1n) is 13.8. The van der Waals surface area contributed by atoms with Crippen molar-refractivity contribution in [2.75, 3.05) is 32.7 Å². The highest BCUT2D eigenvalue weighted by Crippen LogP contribution is 2.49. The lowest BCUT2D eigenvalue weighted by molar-refractivity contribution is -0.147. The van der Waals surface area contributed by atoms with Gasteiger partial charge in [0, 0.05) is 13.2 Å². The van der Waals surface area contributed by atoms with Crippen LogP contribution in [0.3, 0.4) is 0 Å². The molecule has 3 N–H and O–H groups in total. The molecule has 1 aliphatic heterocycles. The summed E-state index contributed by atoms with van der Waals surface area (Å²) < 4.78 is 50.4. The molecule has 0 saturated carbocycles. The number of nitrogens with two attached hydrogens (primary N) is 1. The SMILES string of the molecule is CCOc1nc(N)nc2c1ncn2[C@@H]1O[C@H](CO[P@@](=O)(N[C@H](C)COC(=O)C(C)C)Oc2ccccc2)[C@@H](OC)[C@@]1(C)Cl. The van der Waals surface area contributed by atoms with Gasteiger partial charge in [-0.05, 0) is 32.9 Å². The number of carbonyl (C=O) groups is 1. The van der Waals surface area contributed by atoms with Crippen molar-refractivity contribution in [2.45, 2.75) is 64.0 Å². The van der Waals surface area contributed by atoms with Crippen LogP contribution in [0.5, 0.6) is 11.6 Å². The number of alkyl halides is 1. The Hall–Kier alpha value is -3.00. The molecule has 1 saturated heterocycles. The minimum Gasteiger partial charge on any atom is -0.476 e. The van der Waals surface area contributed by atoms with Crippen molar-refractivity contribution in [3.63, 3.8) is 0 Å². The molecule has 14 nitrogen and oxygen atoms in total. The number of esters is 1. The maximum Gasteiger partial charge on any atom is 0.459 e. The minimum absolute atomic E-state index is 0.00610. The molecule has 0 spiro atoms. The van der Waals surface area contributed by atoms with E-state index in [0.29, 0.717) is 23.5 Å². The Balaban J connectivity index is 1.56. The molecule has 1 aliphatic rings. The fourth-order valence-electron chi connectivity index (χ4n) is 4.60. The Morgan fingerprint density at radius 3 is 2.63 bits per heavy atom. The van der Waals surface area contributed by atoms with E-state index in [1.165, 1.54) is 13.4 Å². The maximum atomic E-state index is 14.0. The number of nitrogens with one attached hydrogen (secondary N) is 1. The van der Waals surface area contributed by atoms with E-state index in [-0.39, 0.29) is 36.9 Å². The van der Waals surface area contributed by atoms with E-state index in [1.807, 2.05) is 6.92 Å². The van der Waals surface area contributed by atoms with Crippen molar-refractivity contribution in [1.29, 1.82) is 0 Å². The number of fused-ring (bicyclic) bond motifs is 1. The molecule has 236 valence electrons. The lowest BCUT2D eigenvalue weighted by Crippen LogP contribution is -2.41. The number of rotatable bonds is 14. The number of halogens is 1. The molecule has 2 aromatic heterocycles. The minimum atomic E-state index is -4.04. The van der Waals surface area contributed by atoms with E-state index in [0.717, 1.165) is 0 Å². The van der Waals surface area contributed by atoms with E-state index < -0.39 is 37.1 Å². The molecule has 0 aliphatic carbocycles. The van der Waals surface area contributed by atoms with E-state index in [4.69, 9.17) is 45.3 Å². The molecule has 0 bridgehead atoms. The Labute approximate surface area is 255 Å². The van der Waals surface area contributed by atoms with Crippen LogP contribution in [0.15, 0.2) is 36.7 Å². The first-order chi connectivity index (χ1) is 20.4. The van der Waals surface area contributed by atoms with Crippen LogP contribution in [0.4, 0.5) is 5.95 Å². The third kappa shape index (κ3) is 7.57. The quantitative estimate of drug-likeness (QED) is 0.147. The number of aromatic nitrogens is 4. The predicted octanol–water partition coefficient (Wildman–Crippen LogP) is 4.10. The van der Waals surface area contributed by atoms with Crippen molar-refractivity contribution in [3.05, 3.63) is 36.7 Å². The van der Waals surface area contributed by atoms with Gasteiger partial charge >= 0.3 is 13.7 Å². The van der Waals surface area contributed by atoms with Gasteiger partial charge in [0.25, 0.3) is 0 Å². The number of ether oxygens (including phenoxy) is 4. The summed E-state index contributed by atoms with van der Waals surface area (Å²) in [6.07, 6.45) is -0.868. The molecule has 4 rings (SSSR count). The number of nitrogens with zero attached hydrogens (tertiary/aromatic N) is 4. The van der Waals surface area contributed by atoms with Gasteiger partial charge in [-0.3, -0.25) is 13.9 Å². The summed E-state index contributed by atoms with van der Waals surface area (Å²) >= 11 is 7.06. The number of benzene rings is 1.